The summed E-state index contributed by atoms with van der Waals surface area (Å²) in [6, 6.07) is 12.9. The molecule has 0 atom stereocenters. The first-order valence-corrected chi connectivity index (χ1v) is 7.98. The number of nitrogens with one attached hydrogen (secondary N) is 1. The molecule has 0 saturated heterocycles. The number of anilines is 1. The van der Waals surface area contributed by atoms with Crippen LogP contribution in [0.3, 0.4) is 0 Å². The van der Waals surface area contributed by atoms with Gasteiger partial charge in [-0.25, -0.2) is 9.18 Å². The highest BCUT2D eigenvalue weighted by Crippen LogP contribution is 2.12. The third-order valence-electron chi connectivity index (χ3n) is 3.49. The SMILES string of the molecule is CCOC(=O)c1ccc(NC(=O)CN(C)Cc2ccccc2F)cc1. The van der Waals surface area contributed by atoms with Gasteiger partial charge in [-0.05, 0) is 44.3 Å². The topological polar surface area (TPSA) is 58.6 Å². The smallest absolute Gasteiger partial charge is 0.338 e. The first-order valence-electron chi connectivity index (χ1n) is 7.98. The van der Waals surface area contributed by atoms with Crippen LogP contribution in [0.25, 0.3) is 0 Å². The van der Waals surface area contributed by atoms with Crippen molar-refractivity contribution in [2.75, 3.05) is 25.5 Å². The van der Waals surface area contributed by atoms with Gasteiger partial charge in [-0.2, -0.15) is 0 Å². The van der Waals surface area contributed by atoms with Gasteiger partial charge in [-0.15, -0.1) is 0 Å². The van der Waals surface area contributed by atoms with E-state index in [0.29, 0.717) is 30.0 Å². The normalized spacial score (nSPS) is 10.6. The van der Waals surface area contributed by atoms with Gasteiger partial charge in [-0.3, -0.25) is 9.69 Å². The van der Waals surface area contributed by atoms with E-state index in [1.807, 2.05) is 0 Å². The Morgan fingerprint density at radius 3 is 2.44 bits per heavy atom. The third-order valence-corrected chi connectivity index (χ3v) is 3.49. The minimum Gasteiger partial charge on any atom is -0.462 e. The quantitative estimate of drug-likeness (QED) is 0.784. The van der Waals surface area contributed by atoms with Crippen molar-refractivity contribution < 1.29 is 18.7 Å². The lowest BCUT2D eigenvalue weighted by molar-refractivity contribution is -0.117. The summed E-state index contributed by atoms with van der Waals surface area (Å²) >= 11 is 0. The number of carbonyl (C=O) groups excluding carboxylic acids is 2. The van der Waals surface area contributed by atoms with Crippen molar-refractivity contribution in [1.29, 1.82) is 0 Å². The number of likely N-dealkylation sites (N-methyl/N-ethyl adjacent to an activating group) is 1. The maximum atomic E-state index is 13.6. The largest absolute Gasteiger partial charge is 0.462 e. The van der Waals surface area contributed by atoms with E-state index >= 15 is 0 Å². The zero-order valence-electron chi connectivity index (χ0n) is 14.3. The Balaban J connectivity index is 1.87. The summed E-state index contributed by atoms with van der Waals surface area (Å²) in [6.45, 7) is 2.51. The van der Waals surface area contributed by atoms with E-state index in [1.54, 1.807) is 61.3 Å². The summed E-state index contributed by atoms with van der Waals surface area (Å²) in [6.07, 6.45) is 0. The minimum atomic E-state index is -0.398. The van der Waals surface area contributed by atoms with E-state index in [9.17, 15) is 14.0 Å². The van der Waals surface area contributed by atoms with Crippen molar-refractivity contribution in [3.63, 3.8) is 0 Å². The Kier molecular flexibility index (Phi) is 6.65. The van der Waals surface area contributed by atoms with Crippen LogP contribution in [0.5, 0.6) is 0 Å². The van der Waals surface area contributed by atoms with E-state index in [0.717, 1.165) is 0 Å². The Morgan fingerprint density at radius 2 is 1.80 bits per heavy atom. The lowest BCUT2D eigenvalue weighted by Crippen LogP contribution is -2.30. The molecule has 2 aromatic rings. The van der Waals surface area contributed by atoms with Gasteiger partial charge in [-0.1, -0.05) is 18.2 Å². The van der Waals surface area contributed by atoms with Crippen LogP contribution in [0, 0.1) is 5.82 Å². The second-order valence-electron chi connectivity index (χ2n) is 5.61. The number of nitrogens with zero attached hydrogens (tertiary/aromatic N) is 1. The summed E-state index contributed by atoms with van der Waals surface area (Å²) in [5, 5.41) is 2.74. The van der Waals surface area contributed by atoms with Crippen LogP contribution in [0.1, 0.15) is 22.8 Å². The molecule has 0 fully saturated rings. The number of rotatable bonds is 7. The molecule has 25 heavy (non-hydrogen) atoms. The predicted octanol–water partition coefficient (Wildman–Crippen LogP) is 3.07. The van der Waals surface area contributed by atoms with Gasteiger partial charge in [0, 0.05) is 17.8 Å². The first kappa shape index (κ1) is 18.6. The summed E-state index contributed by atoms with van der Waals surface area (Å²) in [7, 11) is 1.75. The number of benzene rings is 2. The molecule has 0 aliphatic carbocycles. The molecule has 0 aliphatic heterocycles. The van der Waals surface area contributed by atoms with Gasteiger partial charge >= 0.3 is 5.97 Å². The van der Waals surface area contributed by atoms with Crippen molar-refractivity contribution in [1.82, 2.24) is 4.90 Å². The van der Waals surface area contributed by atoms with Crippen LogP contribution >= 0.6 is 0 Å². The van der Waals surface area contributed by atoms with Gasteiger partial charge in [0.2, 0.25) is 5.91 Å². The van der Waals surface area contributed by atoms with Crippen LogP contribution in [0.2, 0.25) is 0 Å². The molecule has 1 amide bonds. The third kappa shape index (κ3) is 5.69. The van der Waals surface area contributed by atoms with Crippen LogP contribution in [-0.4, -0.2) is 37.0 Å². The molecule has 0 saturated carbocycles. The van der Waals surface area contributed by atoms with E-state index < -0.39 is 5.97 Å². The average Bonchev–Trinajstić information content (AvgIpc) is 2.57. The Hall–Kier alpha value is -2.73. The standard InChI is InChI=1S/C19H21FN2O3/c1-3-25-19(24)14-8-10-16(11-9-14)21-18(23)13-22(2)12-15-6-4-5-7-17(15)20/h4-11H,3,12-13H2,1-2H3,(H,21,23). The lowest BCUT2D eigenvalue weighted by atomic mass is 10.2. The molecule has 2 aromatic carbocycles. The van der Waals surface area contributed by atoms with Crippen molar-refractivity contribution in [3.8, 4) is 0 Å². The van der Waals surface area contributed by atoms with E-state index in [1.165, 1.54) is 6.07 Å². The van der Waals surface area contributed by atoms with Crippen LogP contribution in [0.15, 0.2) is 48.5 Å². The molecule has 0 radical (unpaired) electrons. The maximum Gasteiger partial charge on any atom is 0.338 e. The predicted molar refractivity (Wildman–Crippen MR) is 93.8 cm³/mol. The molecule has 0 aliphatic rings. The summed E-state index contributed by atoms with van der Waals surface area (Å²) in [4.78, 5) is 25.4. The Bertz CT molecular complexity index is 732. The highest BCUT2D eigenvalue weighted by Gasteiger charge is 2.11. The number of amides is 1. The summed E-state index contributed by atoms with van der Waals surface area (Å²) in [5.41, 5.74) is 1.55. The number of hydrogen-bond acceptors (Lipinski definition) is 4. The molecule has 2 rings (SSSR count). The van der Waals surface area contributed by atoms with E-state index in [2.05, 4.69) is 5.32 Å². The Labute approximate surface area is 146 Å². The first-order chi connectivity index (χ1) is 12.0. The highest BCUT2D eigenvalue weighted by atomic mass is 19.1. The zero-order valence-corrected chi connectivity index (χ0v) is 14.3. The fourth-order valence-corrected chi connectivity index (χ4v) is 2.32. The average molecular weight is 344 g/mol. The monoisotopic (exact) mass is 344 g/mol. The molecule has 0 spiro atoms. The van der Waals surface area contributed by atoms with Gasteiger partial charge in [0.15, 0.2) is 0 Å². The maximum absolute atomic E-state index is 13.6. The van der Waals surface area contributed by atoms with Gasteiger partial charge in [0.1, 0.15) is 5.82 Å². The number of carbonyl (C=O) groups is 2. The zero-order chi connectivity index (χ0) is 18.2. The number of hydrogen-bond donors (Lipinski definition) is 1. The van der Waals surface area contributed by atoms with Crippen LogP contribution in [0.4, 0.5) is 10.1 Å². The molecular weight excluding hydrogens is 323 g/mol. The lowest BCUT2D eigenvalue weighted by Gasteiger charge is -2.16. The van der Waals surface area contributed by atoms with Gasteiger partial charge in [0.05, 0.1) is 18.7 Å². The fraction of sp³-hybridized carbons (Fsp3) is 0.263. The Morgan fingerprint density at radius 1 is 1.12 bits per heavy atom. The molecule has 5 nitrogen and oxygen atoms in total. The van der Waals surface area contributed by atoms with Crippen LogP contribution in [-0.2, 0) is 16.1 Å². The summed E-state index contributed by atoms with van der Waals surface area (Å²) in [5.74, 6) is -0.906. The van der Waals surface area contributed by atoms with Crippen molar-refractivity contribution in [2.24, 2.45) is 0 Å². The number of halogens is 1. The van der Waals surface area contributed by atoms with Gasteiger partial charge in [0.25, 0.3) is 0 Å². The van der Waals surface area contributed by atoms with Crippen molar-refractivity contribution >= 4 is 17.6 Å². The molecule has 0 bridgehead atoms. The van der Waals surface area contributed by atoms with Crippen molar-refractivity contribution in [2.45, 2.75) is 13.5 Å². The molecule has 1 N–H and O–H groups in total. The second kappa shape index (κ2) is 8.94. The highest BCUT2D eigenvalue weighted by molar-refractivity contribution is 5.94. The van der Waals surface area contributed by atoms with Crippen molar-refractivity contribution in [3.05, 3.63) is 65.5 Å². The number of ether oxygens (including phenoxy) is 1. The molecule has 0 aromatic heterocycles. The summed E-state index contributed by atoms with van der Waals surface area (Å²) < 4.78 is 18.5. The molecule has 6 heteroatoms. The molecule has 132 valence electrons. The van der Waals surface area contributed by atoms with E-state index in [-0.39, 0.29) is 18.3 Å². The van der Waals surface area contributed by atoms with Crippen LogP contribution < -0.4 is 5.32 Å². The van der Waals surface area contributed by atoms with E-state index in [4.69, 9.17) is 4.74 Å². The fourth-order valence-electron chi connectivity index (χ4n) is 2.32. The second-order valence-corrected chi connectivity index (χ2v) is 5.61. The molecule has 0 heterocycles. The van der Waals surface area contributed by atoms with Gasteiger partial charge < -0.3 is 10.1 Å². The number of esters is 1. The molecular formula is C19H21FN2O3. The molecule has 0 unspecified atom stereocenters. The minimum absolute atomic E-state index is 0.119.